The highest BCUT2D eigenvalue weighted by Crippen LogP contribution is 2.05. The molecule has 0 radical (unpaired) electrons. The predicted molar refractivity (Wildman–Crippen MR) is 87.8 cm³/mol. The minimum absolute atomic E-state index is 0.121. The topological polar surface area (TPSA) is 29.1 Å². The van der Waals surface area contributed by atoms with Gasteiger partial charge in [-0.25, -0.2) is 4.39 Å². The van der Waals surface area contributed by atoms with Crippen molar-refractivity contribution in [1.82, 2.24) is 5.32 Å². The van der Waals surface area contributed by atoms with E-state index in [2.05, 4.69) is 17.4 Å². The van der Waals surface area contributed by atoms with Gasteiger partial charge in [-0.3, -0.25) is 4.79 Å². The van der Waals surface area contributed by atoms with E-state index in [1.54, 1.807) is 18.2 Å². The van der Waals surface area contributed by atoms with Crippen molar-refractivity contribution in [3.8, 4) is 0 Å². The van der Waals surface area contributed by atoms with Gasteiger partial charge in [-0.05, 0) is 48.6 Å². The molecule has 2 aromatic carbocycles. The van der Waals surface area contributed by atoms with Crippen molar-refractivity contribution >= 4 is 12.0 Å². The van der Waals surface area contributed by atoms with E-state index in [-0.39, 0.29) is 11.7 Å². The molecular formula is C19H20FNO. The summed E-state index contributed by atoms with van der Waals surface area (Å²) in [5.41, 5.74) is 2.13. The quantitative estimate of drug-likeness (QED) is 0.608. The molecule has 114 valence electrons. The standard InChI is InChI=1S/C19H20FNO/c20-18-12-9-17(10-13-18)11-14-19(22)21-15-5-4-8-16-6-2-1-3-7-16/h1-3,6-7,9-14H,4-5,8,15H2,(H,21,22)/b14-11+. The molecule has 0 heterocycles. The average Bonchev–Trinajstić information content (AvgIpc) is 2.55. The summed E-state index contributed by atoms with van der Waals surface area (Å²) in [7, 11) is 0. The number of halogens is 1. The van der Waals surface area contributed by atoms with Crippen molar-refractivity contribution in [3.63, 3.8) is 0 Å². The average molecular weight is 297 g/mol. The largest absolute Gasteiger partial charge is 0.353 e. The predicted octanol–water partition coefficient (Wildman–Crippen LogP) is 3.98. The fourth-order valence-electron chi connectivity index (χ4n) is 2.12. The number of hydrogen-bond donors (Lipinski definition) is 1. The second-order valence-electron chi connectivity index (χ2n) is 5.12. The molecule has 1 N–H and O–H groups in total. The zero-order chi connectivity index (χ0) is 15.6. The van der Waals surface area contributed by atoms with Crippen molar-refractivity contribution < 1.29 is 9.18 Å². The molecular weight excluding hydrogens is 277 g/mol. The summed E-state index contributed by atoms with van der Waals surface area (Å²) in [5, 5.41) is 2.85. The molecule has 0 saturated carbocycles. The molecule has 0 aliphatic rings. The molecule has 0 bridgehead atoms. The molecule has 2 nitrogen and oxygen atoms in total. The van der Waals surface area contributed by atoms with Gasteiger partial charge in [0.25, 0.3) is 0 Å². The molecule has 1 amide bonds. The molecule has 0 saturated heterocycles. The minimum atomic E-state index is -0.278. The molecule has 0 fully saturated rings. The van der Waals surface area contributed by atoms with Crippen molar-refractivity contribution in [1.29, 1.82) is 0 Å². The molecule has 0 spiro atoms. The van der Waals surface area contributed by atoms with Gasteiger partial charge in [-0.1, -0.05) is 42.5 Å². The van der Waals surface area contributed by atoms with Crippen LogP contribution in [0.4, 0.5) is 4.39 Å². The summed E-state index contributed by atoms with van der Waals surface area (Å²) in [4.78, 5) is 11.6. The van der Waals surface area contributed by atoms with Crippen LogP contribution in [-0.2, 0) is 11.2 Å². The Morgan fingerprint density at radius 2 is 1.73 bits per heavy atom. The fourth-order valence-corrected chi connectivity index (χ4v) is 2.12. The normalized spacial score (nSPS) is 10.8. The number of hydrogen-bond acceptors (Lipinski definition) is 1. The van der Waals surface area contributed by atoms with Crippen LogP contribution in [-0.4, -0.2) is 12.5 Å². The second kappa shape index (κ2) is 8.78. The molecule has 0 aliphatic carbocycles. The number of amides is 1. The van der Waals surface area contributed by atoms with E-state index in [0.717, 1.165) is 24.8 Å². The van der Waals surface area contributed by atoms with E-state index in [1.807, 2.05) is 18.2 Å². The molecule has 3 heteroatoms. The molecule has 2 aromatic rings. The third-order valence-corrected chi connectivity index (χ3v) is 3.33. The minimum Gasteiger partial charge on any atom is -0.353 e. The Morgan fingerprint density at radius 3 is 2.45 bits per heavy atom. The second-order valence-corrected chi connectivity index (χ2v) is 5.12. The van der Waals surface area contributed by atoms with Crippen LogP contribution in [0.5, 0.6) is 0 Å². The van der Waals surface area contributed by atoms with Gasteiger partial charge in [0.2, 0.25) is 5.91 Å². The van der Waals surface area contributed by atoms with Gasteiger partial charge in [-0.15, -0.1) is 0 Å². The lowest BCUT2D eigenvalue weighted by molar-refractivity contribution is -0.116. The zero-order valence-electron chi connectivity index (χ0n) is 12.5. The van der Waals surface area contributed by atoms with Crippen molar-refractivity contribution in [3.05, 3.63) is 77.6 Å². The van der Waals surface area contributed by atoms with Gasteiger partial charge in [0, 0.05) is 12.6 Å². The van der Waals surface area contributed by atoms with Gasteiger partial charge < -0.3 is 5.32 Å². The van der Waals surface area contributed by atoms with Crippen LogP contribution in [0.25, 0.3) is 6.08 Å². The number of carbonyl (C=O) groups is 1. The lowest BCUT2D eigenvalue weighted by atomic mass is 10.1. The van der Waals surface area contributed by atoms with Crippen LogP contribution in [0.2, 0.25) is 0 Å². The van der Waals surface area contributed by atoms with Crippen molar-refractivity contribution in [2.24, 2.45) is 0 Å². The number of rotatable bonds is 7. The Bertz CT molecular complexity index is 605. The Labute approximate surface area is 130 Å². The number of aryl methyl sites for hydroxylation is 1. The first-order chi connectivity index (χ1) is 10.7. The van der Waals surface area contributed by atoms with Crippen LogP contribution in [0.1, 0.15) is 24.0 Å². The summed E-state index contributed by atoms with van der Waals surface area (Å²) in [6, 6.07) is 16.3. The summed E-state index contributed by atoms with van der Waals surface area (Å²) < 4.78 is 12.7. The fraction of sp³-hybridized carbons (Fsp3) is 0.211. The van der Waals surface area contributed by atoms with E-state index >= 15 is 0 Å². The maximum Gasteiger partial charge on any atom is 0.243 e. The maximum absolute atomic E-state index is 12.7. The number of nitrogens with one attached hydrogen (secondary N) is 1. The van der Waals surface area contributed by atoms with Crippen LogP contribution in [0, 0.1) is 5.82 Å². The maximum atomic E-state index is 12.7. The Morgan fingerprint density at radius 1 is 1.00 bits per heavy atom. The monoisotopic (exact) mass is 297 g/mol. The Hall–Kier alpha value is -2.42. The third kappa shape index (κ3) is 5.92. The van der Waals surface area contributed by atoms with Crippen molar-refractivity contribution in [2.75, 3.05) is 6.54 Å². The third-order valence-electron chi connectivity index (χ3n) is 3.33. The first kappa shape index (κ1) is 16.0. The van der Waals surface area contributed by atoms with Gasteiger partial charge >= 0.3 is 0 Å². The summed E-state index contributed by atoms with van der Waals surface area (Å²) in [5.74, 6) is -0.399. The molecule has 0 atom stereocenters. The van der Waals surface area contributed by atoms with Crippen LogP contribution < -0.4 is 5.32 Å². The lowest BCUT2D eigenvalue weighted by Crippen LogP contribution is -2.22. The van der Waals surface area contributed by atoms with Gasteiger partial charge in [0.05, 0.1) is 0 Å². The summed E-state index contributed by atoms with van der Waals surface area (Å²) in [6.45, 7) is 0.666. The van der Waals surface area contributed by atoms with E-state index in [9.17, 15) is 9.18 Å². The number of carbonyl (C=O) groups excluding carboxylic acids is 1. The van der Waals surface area contributed by atoms with Gasteiger partial charge in [-0.2, -0.15) is 0 Å². The molecule has 0 aromatic heterocycles. The SMILES string of the molecule is O=C(/C=C/c1ccc(F)cc1)NCCCCc1ccccc1. The smallest absolute Gasteiger partial charge is 0.243 e. The number of benzene rings is 2. The van der Waals surface area contributed by atoms with E-state index in [0.29, 0.717) is 6.54 Å². The highest BCUT2D eigenvalue weighted by molar-refractivity contribution is 5.91. The Balaban J connectivity index is 1.62. The highest BCUT2D eigenvalue weighted by Gasteiger charge is 1.96. The van der Waals surface area contributed by atoms with E-state index < -0.39 is 0 Å². The summed E-state index contributed by atoms with van der Waals surface area (Å²) in [6.07, 6.45) is 6.18. The highest BCUT2D eigenvalue weighted by atomic mass is 19.1. The van der Waals surface area contributed by atoms with E-state index in [1.165, 1.54) is 23.8 Å². The van der Waals surface area contributed by atoms with Gasteiger partial charge in [0.1, 0.15) is 5.82 Å². The first-order valence-electron chi connectivity index (χ1n) is 7.49. The molecule has 0 unspecified atom stereocenters. The lowest BCUT2D eigenvalue weighted by Gasteiger charge is -2.03. The van der Waals surface area contributed by atoms with Gasteiger partial charge in [0.15, 0.2) is 0 Å². The van der Waals surface area contributed by atoms with Crippen LogP contribution in [0.15, 0.2) is 60.7 Å². The first-order valence-corrected chi connectivity index (χ1v) is 7.49. The molecule has 22 heavy (non-hydrogen) atoms. The van der Waals surface area contributed by atoms with Crippen LogP contribution in [0.3, 0.4) is 0 Å². The number of unbranched alkanes of at least 4 members (excludes halogenated alkanes) is 1. The summed E-state index contributed by atoms with van der Waals surface area (Å²) >= 11 is 0. The zero-order valence-corrected chi connectivity index (χ0v) is 12.5. The van der Waals surface area contributed by atoms with Crippen LogP contribution >= 0.6 is 0 Å². The molecule has 2 rings (SSSR count). The van der Waals surface area contributed by atoms with Crippen molar-refractivity contribution in [2.45, 2.75) is 19.3 Å². The Kier molecular flexibility index (Phi) is 6.37. The molecule has 0 aliphatic heterocycles. The van der Waals surface area contributed by atoms with E-state index in [4.69, 9.17) is 0 Å².